The Morgan fingerprint density at radius 3 is 2.52 bits per heavy atom. The summed E-state index contributed by atoms with van der Waals surface area (Å²) in [6, 6.07) is 6.90. The van der Waals surface area contributed by atoms with Crippen LogP contribution in [0, 0.1) is 34.9 Å². The molecule has 1 aromatic heterocycles. The lowest BCUT2D eigenvalue weighted by Gasteiger charge is -2.48. The second-order valence-electron chi connectivity index (χ2n) is 12.3. The van der Waals surface area contributed by atoms with Gasteiger partial charge in [-0.15, -0.1) is 0 Å². The zero-order valence-electron chi connectivity index (χ0n) is 24.0. The van der Waals surface area contributed by atoms with Crippen LogP contribution in [0.5, 0.6) is 0 Å². The summed E-state index contributed by atoms with van der Waals surface area (Å²) in [5.41, 5.74) is -0.464. The average molecular weight is 627 g/mol. The fraction of sp³-hybridized carbons (Fsp3) is 0.469. The fourth-order valence-electron chi connectivity index (χ4n) is 7.83. The van der Waals surface area contributed by atoms with Crippen molar-refractivity contribution >= 4 is 46.9 Å². The van der Waals surface area contributed by atoms with Gasteiger partial charge in [-0.05, 0) is 68.9 Å². The molecule has 232 valence electrons. The Balaban J connectivity index is 1.37. The number of likely N-dealkylation sites (tertiary alicyclic amines) is 1. The van der Waals surface area contributed by atoms with Crippen LogP contribution in [0.2, 0.25) is 5.02 Å². The van der Waals surface area contributed by atoms with Crippen molar-refractivity contribution in [2.24, 2.45) is 29.1 Å². The minimum atomic E-state index is -1.34. The topological polar surface area (TPSA) is 145 Å². The van der Waals surface area contributed by atoms with E-state index in [1.54, 1.807) is 19.1 Å². The number of carbonyl (C=O) groups is 5. The van der Waals surface area contributed by atoms with Crippen LogP contribution in [0.1, 0.15) is 62.9 Å². The number of anilines is 1. The van der Waals surface area contributed by atoms with Gasteiger partial charge in [-0.3, -0.25) is 28.9 Å². The van der Waals surface area contributed by atoms with E-state index in [9.17, 15) is 33.5 Å². The van der Waals surface area contributed by atoms with E-state index in [1.165, 1.54) is 17.0 Å². The van der Waals surface area contributed by atoms with Gasteiger partial charge >= 0.3 is 5.97 Å². The standard InChI is InChI=1S/C32H32ClFN2O8/c1-32-21(29(41)36(31(32)43)16-6-10-23(34)22(33)13-16)14-20-18(27(32)24-11-7-17(15-37)44-24)8-9-19-26(20)30(42)35(28(19)40)12-4-2-3-5-25(38)39/h6-8,10-11,13,19-21,26-27,37H,2-5,9,12,14-15H2,1H3,(H,38,39). The summed E-state index contributed by atoms with van der Waals surface area (Å²) in [5, 5.41) is 18.4. The highest BCUT2D eigenvalue weighted by molar-refractivity contribution is 6.31. The predicted octanol–water partition coefficient (Wildman–Crippen LogP) is 4.44. The Hall–Kier alpha value is -3.83. The Morgan fingerprint density at radius 2 is 1.84 bits per heavy atom. The number of hydrogen-bond donors (Lipinski definition) is 2. The Labute approximate surface area is 257 Å². The number of aliphatic hydroxyl groups excluding tert-OH is 1. The summed E-state index contributed by atoms with van der Waals surface area (Å²) in [7, 11) is 0. The van der Waals surface area contributed by atoms with Crippen molar-refractivity contribution in [3.63, 3.8) is 0 Å². The molecule has 2 aliphatic carbocycles. The minimum Gasteiger partial charge on any atom is -0.481 e. The van der Waals surface area contributed by atoms with Crippen molar-refractivity contribution in [2.75, 3.05) is 11.4 Å². The molecule has 4 amide bonds. The monoisotopic (exact) mass is 626 g/mol. The average Bonchev–Trinajstić information content (AvgIpc) is 3.61. The summed E-state index contributed by atoms with van der Waals surface area (Å²) < 4.78 is 20.0. The molecule has 0 bridgehead atoms. The lowest BCUT2D eigenvalue weighted by Crippen LogP contribution is -2.48. The molecule has 1 aromatic carbocycles. The van der Waals surface area contributed by atoms with Gasteiger partial charge in [0.05, 0.1) is 39.8 Å². The van der Waals surface area contributed by atoms with E-state index in [0.29, 0.717) is 25.0 Å². The SMILES string of the molecule is CC12C(=O)N(c3ccc(F)c(Cl)c3)C(=O)C1CC1C(=CCC3C(=O)N(CCCCCC(=O)O)C(=O)C31)C2c1ccc(CO)o1. The van der Waals surface area contributed by atoms with Crippen molar-refractivity contribution in [1.29, 1.82) is 0 Å². The number of amides is 4. The van der Waals surface area contributed by atoms with Gasteiger partial charge in [0, 0.05) is 13.0 Å². The molecule has 3 fully saturated rings. The van der Waals surface area contributed by atoms with E-state index in [2.05, 4.69) is 0 Å². The molecule has 6 rings (SSSR count). The zero-order chi connectivity index (χ0) is 31.5. The number of carbonyl (C=O) groups excluding carboxylic acids is 4. The van der Waals surface area contributed by atoms with Gasteiger partial charge in [-0.2, -0.15) is 0 Å². The van der Waals surface area contributed by atoms with Crippen molar-refractivity contribution < 1.29 is 43.0 Å². The van der Waals surface area contributed by atoms with E-state index in [-0.39, 0.29) is 60.7 Å². The highest BCUT2D eigenvalue weighted by Crippen LogP contribution is 2.63. The van der Waals surface area contributed by atoms with Gasteiger partial charge in [0.2, 0.25) is 23.6 Å². The number of allylic oxidation sites excluding steroid dienone is 2. The molecule has 0 spiro atoms. The number of furan rings is 1. The van der Waals surface area contributed by atoms with E-state index >= 15 is 0 Å². The molecule has 6 unspecified atom stereocenters. The molecule has 2 aromatic rings. The molecule has 2 N–H and O–H groups in total. The maximum Gasteiger partial charge on any atom is 0.303 e. The number of carboxylic acids is 1. The summed E-state index contributed by atoms with van der Waals surface area (Å²) in [5.74, 6) is -6.10. The summed E-state index contributed by atoms with van der Waals surface area (Å²) >= 11 is 6.02. The molecule has 4 aliphatic rings. The van der Waals surface area contributed by atoms with E-state index < -0.39 is 58.6 Å². The number of carboxylic acid groups (broad SMARTS) is 1. The molecular weight excluding hydrogens is 595 g/mol. The summed E-state index contributed by atoms with van der Waals surface area (Å²) in [6.07, 6.45) is 3.82. The van der Waals surface area contributed by atoms with Crippen molar-refractivity contribution in [1.82, 2.24) is 4.90 Å². The summed E-state index contributed by atoms with van der Waals surface area (Å²) in [6.45, 7) is 1.51. The van der Waals surface area contributed by atoms with Gasteiger partial charge in [-0.25, -0.2) is 9.29 Å². The van der Waals surface area contributed by atoms with Gasteiger partial charge < -0.3 is 14.6 Å². The number of rotatable bonds is 9. The Kier molecular flexibility index (Phi) is 7.73. The Morgan fingerprint density at radius 1 is 1.07 bits per heavy atom. The summed E-state index contributed by atoms with van der Waals surface area (Å²) in [4.78, 5) is 68.8. The van der Waals surface area contributed by atoms with Crippen molar-refractivity contribution in [3.05, 3.63) is 64.3 Å². The first-order chi connectivity index (χ1) is 21.0. The number of nitrogens with zero attached hydrogens (tertiary/aromatic N) is 2. The highest BCUT2D eigenvalue weighted by Gasteiger charge is 2.68. The van der Waals surface area contributed by atoms with Crippen LogP contribution in [-0.2, 0) is 30.6 Å². The third-order valence-electron chi connectivity index (χ3n) is 9.92. The molecule has 44 heavy (non-hydrogen) atoms. The molecule has 3 heterocycles. The normalized spacial score (nSPS) is 29.5. The maximum atomic E-state index is 14.3. The largest absolute Gasteiger partial charge is 0.481 e. The lowest BCUT2D eigenvalue weighted by molar-refractivity contribution is -0.141. The fourth-order valence-corrected chi connectivity index (χ4v) is 8.00. The van der Waals surface area contributed by atoms with Crippen molar-refractivity contribution in [2.45, 2.75) is 58.0 Å². The first kappa shape index (κ1) is 30.2. The van der Waals surface area contributed by atoms with Crippen molar-refractivity contribution in [3.8, 4) is 0 Å². The molecule has 6 atom stereocenters. The van der Waals surface area contributed by atoms with E-state index in [0.717, 1.165) is 16.5 Å². The van der Waals surface area contributed by atoms with Crippen LogP contribution in [0.4, 0.5) is 10.1 Å². The van der Waals surface area contributed by atoms with Crippen LogP contribution in [0.15, 0.2) is 46.4 Å². The van der Waals surface area contributed by atoms with Gasteiger partial charge in [-0.1, -0.05) is 29.7 Å². The number of aliphatic carboxylic acids is 1. The van der Waals surface area contributed by atoms with E-state index in [1.807, 2.05) is 6.08 Å². The molecule has 12 heteroatoms. The third kappa shape index (κ3) is 4.59. The number of aliphatic hydroxyl groups is 1. The highest BCUT2D eigenvalue weighted by atomic mass is 35.5. The number of halogens is 2. The molecule has 2 saturated heterocycles. The maximum absolute atomic E-state index is 14.3. The molecule has 0 radical (unpaired) electrons. The van der Waals surface area contributed by atoms with Crippen LogP contribution in [-0.4, -0.2) is 51.3 Å². The number of hydrogen-bond acceptors (Lipinski definition) is 7. The first-order valence-electron chi connectivity index (χ1n) is 14.8. The van der Waals surface area contributed by atoms with Gasteiger partial charge in [0.25, 0.3) is 0 Å². The van der Waals surface area contributed by atoms with Gasteiger partial charge in [0.15, 0.2) is 0 Å². The third-order valence-corrected chi connectivity index (χ3v) is 10.2. The lowest BCUT2D eigenvalue weighted by atomic mass is 9.52. The number of imide groups is 2. The predicted molar refractivity (Wildman–Crippen MR) is 153 cm³/mol. The van der Waals surface area contributed by atoms with Crippen LogP contribution < -0.4 is 4.90 Å². The number of unbranched alkanes of at least 4 members (excludes halogenated alkanes) is 2. The molecular formula is C32H32ClFN2O8. The molecule has 1 saturated carbocycles. The smallest absolute Gasteiger partial charge is 0.303 e. The quantitative estimate of drug-likeness (QED) is 0.236. The second kappa shape index (κ2) is 11.3. The zero-order valence-corrected chi connectivity index (χ0v) is 24.8. The number of fused-ring (bicyclic) bond motifs is 4. The first-order valence-corrected chi connectivity index (χ1v) is 15.2. The number of benzene rings is 1. The van der Waals surface area contributed by atoms with Gasteiger partial charge in [0.1, 0.15) is 23.9 Å². The second-order valence-corrected chi connectivity index (χ2v) is 12.7. The van der Waals surface area contributed by atoms with Crippen LogP contribution >= 0.6 is 11.6 Å². The minimum absolute atomic E-state index is 0.0166. The van der Waals surface area contributed by atoms with E-state index in [4.69, 9.17) is 21.1 Å². The van der Waals surface area contributed by atoms with Crippen LogP contribution in [0.3, 0.4) is 0 Å². The molecule has 10 nitrogen and oxygen atoms in total. The van der Waals surface area contributed by atoms with Crippen LogP contribution in [0.25, 0.3) is 0 Å². The Bertz CT molecular complexity index is 1600. The molecule has 2 aliphatic heterocycles.